The molecule has 0 saturated carbocycles. The average molecular weight is 1040 g/mol. The molecule has 0 N–H and O–H groups in total. The Morgan fingerprint density at radius 3 is 1.06 bits per heavy atom. The lowest BCUT2D eigenvalue weighted by molar-refractivity contribution is -0.137. The predicted octanol–water partition coefficient (Wildman–Crippen LogP) is 21.2. The number of benzene rings is 11. The maximum atomic E-state index is 14.3. The first kappa shape index (κ1) is 49.4. The number of alkyl halides is 3. The van der Waals surface area contributed by atoms with Gasteiger partial charge >= 0.3 is 6.18 Å². The third kappa shape index (κ3) is 8.58. The van der Waals surface area contributed by atoms with Crippen molar-refractivity contribution < 1.29 is 13.2 Å². The van der Waals surface area contributed by atoms with Crippen molar-refractivity contribution in [3.8, 4) is 78.1 Å². The van der Waals surface area contributed by atoms with Crippen molar-refractivity contribution in [2.45, 2.75) is 33.9 Å². The summed E-state index contributed by atoms with van der Waals surface area (Å²) in [7, 11) is 0. The monoisotopic (exact) mass is 1040 g/mol. The minimum absolute atomic E-state index is 0.127. The highest BCUT2D eigenvalue weighted by atomic mass is 19.4. The maximum absolute atomic E-state index is 14.3. The predicted molar refractivity (Wildman–Crippen MR) is 324 cm³/mol. The fraction of sp³-hybridized carbons (Fsp3) is 0.0685. The molecule has 2 aromatic heterocycles. The largest absolute Gasteiger partial charge is 0.415 e. The molecule has 0 radical (unpaired) electrons. The Morgan fingerprint density at radius 2 is 0.688 bits per heavy atom. The van der Waals surface area contributed by atoms with Crippen molar-refractivity contribution in [1.29, 1.82) is 0 Å². The number of hydrogen-bond acceptors (Lipinski definition) is 0. The van der Waals surface area contributed by atoms with Crippen LogP contribution in [0.4, 0.5) is 24.5 Å². The van der Waals surface area contributed by atoms with E-state index in [0.717, 1.165) is 112 Å². The summed E-state index contributed by atoms with van der Waals surface area (Å²) >= 11 is 0. The van der Waals surface area contributed by atoms with Gasteiger partial charge in [0.25, 0.3) is 0 Å². The van der Waals surface area contributed by atoms with E-state index < -0.39 is 11.7 Å². The SMILES string of the molecule is [C-]#[N+]c1cc(C(F)(F)F)ccc1-c1ccc(-n2c3ccc(-c4ccc(C)cc4)cc3c3cc(-c4ccc(C)cc4)ccc32)c(-c2c([N+]#[C-])cccc2-n2c3ccc(-c4ccc(C)cc4)cc3c3cc(-c4ccc(C)cc4)ccc32)c1. The number of halogens is 3. The summed E-state index contributed by atoms with van der Waals surface area (Å²) in [5.74, 6) is 0. The number of aryl methyl sites for hydroxylation is 4. The van der Waals surface area contributed by atoms with Crippen LogP contribution in [0.25, 0.3) is 131 Å². The molecule has 0 amide bonds. The molecule has 4 nitrogen and oxygen atoms in total. The first-order valence-electron chi connectivity index (χ1n) is 26.5. The van der Waals surface area contributed by atoms with Crippen LogP contribution in [-0.4, -0.2) is 9.13 Å². The topological polar surface area (TPSA) is 18.6 Å². The van der Waals surface area contributed by atoms with E-state index in [-0.39, 0.29) is 5.69 Å². The van der Waals surface area contributed by atoms with Gasteiger partial charge in [0.05, 0.1) is 40.9 Å². The second kappa shape index (κ2) is 19.4. The molecule has 2 heterocycles. The maximum Gasteiger partial charge on any atom is 0.415 e. The smallest absolute Gasteiger partial charge is 0.310 e. The minimum Gasteiger partial charge on any atom is -0.310 e. The van der Waals surface area contributed by atoms with E-state index in [1.165, 1.54) is 28.3 Å². The van der Waals surface area contributed by atoms with E-state index in [1.807, 2.05) is 30.3 Å². The molecule has 0 saturated heterocycles. The summed E-state index contributed by atoms with van der Waals surface area (Å²) in [5, 5.41) is 4.11. The van der Waals surface area contributed by atoms with Gasteiger partial charge < -0.3 is 9.13 Å². The van der Waals surface area contributed by atoms with Crippen LogP contribution in [0.2, 0.25) is 0 Å². The van der Waals surface area contributed by atoms with Crippen LogP contribution < -0.4 is 0 Å². The van der Waals surface area contributed by atoms with Gasteiger partial charge in [0.1, 0.15) is 0 Å². The molecule has 11 aromatic carbocycles. The van der Waals surface area contributed by atoms with Gasteiger partial charge in [0.2, 0.25) is 0 Å². The Bertz CT molecular complexity index is 4510. The summed E-state index contributed by atoms with van der Waals surface area (Å²) in [6.07, 6.45) is -4.64. The number of nitrogens with zero attached hydrogens (tertiary/aromatic N) is 4. The Hall–Kier alpha value is -10.2. The van der Waals surface area contributed by atoms with Crippen LogP contribution in [0.5, 0.6) is 0 Å². The highest BCUT2D eigenvalue weighted by Gasteiger charge is 2.31. The van der Waals surface area contributed by atoms with Crippen LogP contribution in [0, 0.1) is 40.8 Å². The summed E-state index contributed by atoms with van der Waals surface area (Å²) in [5.41, 5.74) is 20.0. The van der Waals surface area contributed by atoms with Crippen LogP contribution in [0.15, 0.2) is 224 Å². The average Bonchev–Trinajstić information content (AvgIpc) is 3.99. The third-order valence-electron chi connectivity index (χ3n) is 15.7. The van der Waals surface area contributed by atoms with Gasteiger partial charge in [0, 0.05) is 38.4 Å². The molecule has 0 fully saturated rings. The van der Waals surface area contributed by atoms with Gasteiger partial charge in [-0.2, -0.15) is 13.2 Å². The summed E-state index contributed by atoms with van der Waals surface area (Å²) in [6, 6.07) is 75.4. The van der Waals surface area contributed by atoms with Crippen molar-refractivity contribution in [2.24, 2.45) is 0 Å². The molecule has 13 aromatic rings. The lowest BCUT2D eigenvalue weighted by Gasteiger charge is -2.21. The standard InChI is InChI=1S/C73H49F3N4/c1-44-10-18-48(19-11-44)52-26-33-66-59(38-52)60-39-53(49-20-12-45(2)13-21-49)27-34-67(60)79(66)70-37-30-56(58-32-31-57(73(74,75)76)43-65(58)78-6)42-63(70)72-64(77-5)8-7-9-71(72)80-68-35-28-54(50-22-14-46(3)15-23-50)40-61(68)62-41-55(29-36-69(62)80)51-24-16-47(4)17-25-51/h7-43H,1-4H3. The van der Waals surface area contributed by atoms with E-state index in [0.29, 0.717) is 27.9 Å². The second-order valence-corrected chi connectivity index (χ2v) is 20.9. The number of hydrogen-bond donors (Lipinski definition) is 0. The first-order valence-corrected chi connectivity index (χ1v) is 26.5. The molecule has 0 atom stereocenters. The lowest BCUT2D eigenvalue weighted by Crippen LogP contribution is -2.04. The molecular weight excluding hydrogens is 990 g/mol. The second-order valence-electron chi connectivity index (χ2n) is 20.9. The number of fused-ring (bicyclic) bond motifs is 6. The molecular formula is C73H49F3N4. The lowest BCUT2D eigenvalue weighted by atomic mass is 9.93. The highest BCUT2D eigenvalue weighted by Crippen LogP contribution is 2.48. The first-order chi connectivity index (χ1) is 38.8. The van der Waals surface area contributed by atoms with Crippen molar-refractivity contribution in [2.75, 3.05) is 0 Å². The van der Waals surface area contributed by atoms with E-state index >= 15 is 0 Å². The van der Waals surface area contributed by atoms with Crippen molar-refractivity contribution in [1.82, 2.24) is 9.13 Å². The third-order valence-corrected chi connectivity index (χ3v) is 15.7. The normalized spacial score (nSPS) is 11.7. The number of aromatic nitrogens is 2. The Kier molecular flexibility index (Phi) is 11.9. The molecule has 0 aliphatic rings. The minimum atomic E-state index is -4.64. The van der Waals surface area contributed by atoms with Gasteiger partial charge in [-0.05, 0) is 162 Å². The molecule has 7 heteroatoms. The fourth-order valence-corrected chi connectivity index (χ4v) is 11.5. The zero-order valence-corrected chi connectivity index (χ0v) is 44.3. The molecule has 0 aliphatic heterocycles. The highest BCUT2D eigenvalue weighted by molar-refractivity contribution is 6.14. The van der Waals surface area contributed by atoms with Crippen LogP contribution >= 0.6 is 0 Å². The van der Waals surface area contributed by atoms with E-state index in [2.05, 4.69) is 222 Å². The Labute approximate surface area is 462 Å². The van der Waals surface area contributed by atoms with Gasteiger partial charge in [-0.3, -0.25) is 0 Å². The molecule has 13 rings (SSSR count). The number of rotatable bonds is 8. The van der Waals surface area contributed by atoms with Gasteiger partial charge in [-0.25, -0.2) is 9.69 Å². The zero-order valence-electron chi connectivity index (χ0n) is 44.3. The van der Waals surface area contributed by atoms with Gasteiger partial charge in [-0.1, -0.05) is 174 Å². The molecule has 382 valence electrons. The molecule has 0 spiro atoms. The Morgan fingerprint density at radius 1 is 0.325 bits per heavy atom. The summed E-state index contributed by atoms with van der Waals surface area (Å²) < 4.78 is 47.3. The molecule has 0 aliphatic carbocycles. The fourth-order valence-electron chi connectivity index (χ4n) is 11.5. The molecule has 80 heavy (non-hydrogen) atoms. The zero-order chi connectivity index (χ0) is 55.0. The van der Waals surface area contributed by atoms with Crippen LogP contribution in [0.1, 0.15) is 27.8 Å². The van der Waals surface area contributed by atoms with E-state index in [4.69, 9.17) is 13.1 Å². The van der Waals surface area contributed by atoms with Crippen molar-refractivity contribution in [3.63, 3.8) is 0 Å². The van der Waals surface area contributed by atoms with E-state index in [9.17, 15) is 13.2 Å². The summed E-state index contributed by atoms with van der Waals surface area (Å²) in [6.45, 7) is 25.5. The molecule has 0 bridgehead atoms. The van der Waals surface area contributed by atoms with Gasteiger partial charge in [-0.15, -0.1) is 0 Å². The molecule has 0 unspecified atom stereocenters. The van der Waals surface area contributed by atoms with Gasteiger partial charge in [0.15, 0.2) is 11.4 Å². The van der Waals surface area contributed by atoms with Crippen LogP contribution in [-0.2, 0) is 6.18 Å². The summed E-state index contributed by atoms with van der Waals surface area (Å²) in [4.78, 5) is 7.95. The van der Waals surface area contributed by atoms with Crippen molar-refractivity contribution >= 4 is 55.0 Å². The van der Waals surface area contributed by atoms with Crippen LogP contribution in [0.3, 0.4) is 0 Å². The quantitative estimate of drug-likeness (QED) is 0.135. The van der Waals surface area contributed by atoms with E-state index in [1.54, 1.807) is 0 Å². The van der Waals surface area contributed by atoms with Crippen molar-refractivity contribution in [3.05, 3.63) is 275 Å². The Balaban J connectivity index is 1.12.